The molecule has 0 saturated heterocycles. The van der Waals surface area contributed by atoms with Gasteiger partial charge in [-0.2, -0.15) is 5.48 Å². The van der Waals surface area contributed by atoms with Crippen molar-refractivity contribution in [3.8, 4) is 0 Å². The maximum Gasteiger partial charge on any atom is 0.0790 e. The Labute approximate surface area is 91.4 Å². The zero-order valence-corrected chi connectivity index (χ0v) is 9.41. The van der Waals surface area contributed by atoms with Gasteiger partial charge in [-0.3, -0.25) is 4.84 Å². The van der Waals surface area contributed by atoms with E-state index in [1.807, 2.05) is 0 Å². The second-order valence-electron chi connectivity index (χ2n) is 4.13. The molecule has 1 saturated carbocycles. The predicted molar refractivity (Wildman–Crippen MR) is 60.3 cm³/mol. The van der Waals surface area contributed by atoms with Gasteiger partial charge in [-0.15, -0.1) is 0 Å². The summed E-state index contributed by atoms with van der Waals surface area (Å²) in [7, 11) is 0. The predicted octanol–water partition coefficient (Wildman–Crippen LogP) is 2.47. The topological polar surface area (TPSA) is 26.2 Å². The smallest absolute Gasteiger partial charge is 0.0790 e. The molecule has 1 fully saturated rings. The van der Waals surface area contributed by atoms with E-state index in [-0.39, 0.29) is 0 Å². The first-order chi connectivity index (χ1) is 7.40. The van der Waals surface area contributed by atoms with Crippen molar-refractivity contribution in [2.75, 3.05) is 0 Å². The number of aromatic nitrogens is 1. The number of hydrogen-bond donors (Lipinski definition) is 1. The molecular formula is C12H20N2O. The molecule has 2 rings (SSSR count). The number of aryl methyl sites for hydroxylation is 1. The van der Waals surface area contributed by atoms with Gasteiger partial charge in [0, 0.05) is 18.4 Å². The second-order valence-corrected chi connectivity index (χ2v) is 4.13. The maximum absolute atomic E-state index is 5.61. The molecule has 3 nitrogen and oxygen atoms in total. The van der Waals surface area contributed by atoms with Gasteiger partial charge in [0.1, 0.15) is 0 Å². The minimum atomic E-state index is 0.440. The van der Waals surface area contributed by atoms with Crippen molar-refractivity contribution in [2.45, 2.75) is 51.8 Å². The third kappa shape index (κ3) is 2.83. The summed E-state index contributed by atoms with van der Waals surface area (Å²) in [5, 5.41) is 0. The molecule has 1 heterocycles. The highest BCUT2D eigenvalue weighted by molar-refractivity contribution is 5.06. The highest BCUT2D eigenvalue weighted by Gasteiger charge is 2.15. The third-order valence-corrected chi connectivity index (χ3v) is 3.07. The van der Waals surface area contributed by atoms with E-state index in [4.69, 9.17) is 4.84 Å². The van der Waals surface area contributed by atoms with Gasteiger partial charge in [-0.05, 0) is 31.9 Å². The van der Waals surface area contributed by atoms with Crippen LogP contribution < -0.4 is 5.48 Å². The van der Waals surface area contributed by atoms with Crippen LogP contribution >= 0.6 is 0 Å². The fourth-order valence-corrected chi connectivity index (χ4v) is 2.16. The molecule has 1 N–H and O–H groups in total. The van der Waals surface area contributed by atoms with Gasteiger partial charge in [-0.1, -0.05) is 12.8 Å². The fourth-order valence-electron chi connectivity index (χ4n) is 2.16. The van der Waals surface area contributed by atoms with E-state index in [9.17, 15) is 0 Å². The Hall–Kier alpha value is -0.800. The van der Waals surface area contributed by atoms with Gasteiger partial charge < -0.3 is 4.57 Å². The SMILES string of the molecule is CCn1cccc1CNOC1CCCC1. The van der Waals surface area contributed by atoms with Crippen molar-refractivity contribution in [3.05, 3.63) is 24.0 Å². The van der Waals surface area contributed by atoms with E-state index < -0.39 is 0 Å². The third-order valence-electron chi connectivity index (χ3n) is 3.07. The van der Waals surface area contributed by atoms with Crippen molar-refractivity contribution in [2.24, 2.45) is 0 Å². The van der Waals surface area contributed by atoms with Gasteiger partial charge >= 0.3 is 0 Å². The minimum absolute atomic E-state index is 0.440. The van der Waals surface area contributed by atoms with Gasteiger partial charge in [0.15, 0.2) is 0 Å². The first-order valence-corrected chi connectivity index (χ1v) is 5.92. The second kappa shape index (κ2) is 5.33. The lowest BCUT2D eigenvalue weighted by atomic mass is 10.3. The molecule has 0 radical (unpaired) electrons. The first-order valence-electron chi connectivity index (χ1n) is 5.92. The van der Waals surface area contributed by atoms with Crippen LogP contribution in [-0.4, -0.2) is 10.7 Å². The molecule has 1 aliphatic carbocycles. The van der Waals surface area contributed by atoms with E-state index in [1.165, 1.54) is 31.4 Å². The molecule has 0 unspecified atom stereocenters. The van der Waals surface area contributed by atoms with Crippen LogP contribution in [0, 0.1) is 0 Å². The van der Waals surface area contributed by atoms with Crippen LogP contribution in [0.5, 0.6) is 0 Å². The summed E-state index contributed by atoms with van der Waals surface area (Å²) in [6.07, 6.45) is 7.60. The number of hydroxylamine groups is 1. The number of rotatable bonds is 5. The van der Waals surface area contributed by atoms with Crippen LogP contribution in [-0.2, 0) is 17.9 Å². The summed E-state index contributed by atoms with van der Waals surface area (Å²) in [5.74, 6) is 0. The summed E-state index contributed by atoms with van der Waals surface area (Å²) in [6, 6.07) is 4.21. The Morgan fingerprint density at radius 1 is 1.47 bits per heavy atom. The van der Waals surface area contributed by atoms with Gasteiger partial charge in [0.25, 0.3) is 0 Å². The molecule has 0 aromatic carbocycles. The number of hydrogen-bond acceptors (Lipinski definition) is 2. The average molecular weight is 208 g/mol. The zero-order chi connectivity index (χ0) is 10.5. The number of nitrogens with zero attached hydrogens (tertiary/aromatic N) is 1. The monoisotopic (exact) mass is 208 g/mol. The minimum Gasteiger partial charge on any atom is -0.350 e. The Balaban J connectivity index is 1.73. The number of nitrogens with one attached hydrogen (secondary N) is 1. The van der Waals surface area contributed by atoms with Crippen molar-refractivity contribution >= 4 is 0 Å². The molecule has 0 atom stereocenters. The summed E-state index contributed by atoms with van der Waals surface area (Å²) < 4.78 is 2.23. The lowest BCUT2D eigenvalue weighted by Gasteiger charge is -2.12. The largest absolute Gasteiger partial charge is 0.350 e. The quantitative estimate of drug-likeness (QED) is 0.752. The van der Waals surface area contributed by atoms with Crippen molar-refractivity contribution < 1.29 is 4.84 Å². The molecule has 1 aromatic rings. The van der Waals surface area contributed by atoms with Crippen LogP contribution in [0.2, 0.25) is 0 Å². The van der Waals surface area contributed by atoms with E-state index >= 15 is 0 Å². The van der Waals surface area contributed by atoms with Crippen molar-refractivity contribution in [1.82, 2.24) is 10.0 Å². The molecule has 1 aromatic heterocycles. The van der Waals surface area contributed by atoms with Crippen LogP contribution in [0.25, 0.3) is 0 Å². The lowest BCUT2D eigenvalue weighted by molar-refractivity contribution is -0.0252. The van der Waals surface area contributed by atoms with Gasteiger partial charge in [0.05, 0.1) is 12.6 Å². The average Bonchev–Trinajstić information content (AvgIpc) is 2.88. The highest BCUT2D eigenvalue weighted by Crippen LogP contribution is 2.19. The molecule has 3 heteroatoms. The first kappa shape index (κ1) is 10.7. The van der Waals surface area contributed by atoms with Crippen molar-refractivity contribution in [1.29, 1.82) is 0 Å². The lowest BCUT2D eigenvalue weighted by Crippen LogP contribution is -2.22. The summed E-state index contributed by atoms with van der Waals surface area (Å²) in [5.41, 5.74) is 4.37. The van der Waals surface area contributed by atoms with Crippen molar-refractivity contribution in [3.63, 3.8) is 0 Å². The maximum atomic E-state index is 5.61. The Morgan fingerprint density at radius 3 is 3.00 bits per heavy atom. The molecule has 0 aliphatic heterocycles. The van der Waals surface area contributed by atoms with Gasteiger partial charge in [-0.25, -0.2) is 0 Å². The fraction of sp³-hybridized carbons (Fsp3) is 0.667. The van der Waals surface area contributed by atoms with Crippen LogP contribution in [0.1, 0.15) is 38.3 Å². The Morgan fingerprint density at radius 2 is 2.27 bits per heavy atom. The van der Waals surface area contributed by atoms with E-state index in [0.29, 0.717) is 6.10 Å². The standard InChI is InChI=1S/C12H20N2O/c1-2-14-9-5-6-11(14)10-13-15-12-7-3-4-8-12/h5-6,9,12-13H,2-4,7-8,10H2,1H3. The molecule has 0 bridgehead atoms. The molecule has 0 spiro atoms. The molecular weight excluding hydrogens is 188 g/mol. The van der Waals surface area contributed by atoms with Crippen LogP contribution in [0.3, 0.4) is 0 Å². The normalized spacial score (nSPS) is 17.4. The summed E-state index contributed by atoms with van der Waals surface area (Å²) in [4.78, 5) is 5.61. The summed E-state index contributed by atoms with van der Waals surface area (Å²) >= 11 is 0. The highest BCUT2D eigenvalue weighted by atomic mass is 16.7. The Bertz CT molecular complexity index is 290. The molecule has 84 valence electrons. The molecule has 0 amide bonds. The molecule has 1 aliphatic rings. The zero-order valence-electron chi connectivity index (χ0n) is 9.41. The van der Waals surface area contributed by atoms with E-state index in [1.54, 1.807) is 0 Å². The molecule has 15 heavy (non-hydrogen) atoms. The van der Waals surface area contributed by atoms with E-state index in [2.05, 4.69) is 35.3 Å². The Kier molecular flexibility index (Phi) is 3.80. The van der Waals surface area contributed by atoms with Crippen LogP contribution in [0.4, 0.5) is 0 Å². The summed E-state index contributed by atoms with van der Waals surface area (Å²) in [6.45, 7) is 3.98. The van der Waals surface area contributed by atoms with E-state index in [0.717, 1.165) is 13.1 Å². The van der Waals surface area contributed by atoms with Gasteiger partial charge in [0.2, 0.25) is 0 Å². The van der Waals surface area contributed by atoms with Crippen LogP contribution in [0.15, 0.2) is 18.3 Å².